The van der Waals surface area contributed by atoms with Crippen molar-refractivity contribution < 1.29 is 0 Å². The summed E-state index contributed by atoms with van der Waals surface area (Å²) in [5.41, 5.74) is 11.9. The van der Waals surface area contributed by atoms with E-state index in [4.69, 9.17) is 11.5 Å². The molecule has 2 unspecified atom stereocenters. The van der Waals surface area contributed by atoms with E-state index >= 15 is 0 Å². The third-order valence-corrected chi connectivity index (χ3v) is 2.00. The summed E-state index contributed by atoms with van der Waals surface area (Å²) in [6.07, 6.45) is 3.71. The van der Waals surface area contributed by atoms with Crippen molar-refractivity contribution in [3.05, 3.63) is 24.4 Å². The van der Waals surface area contributed by atoms with Gasteiger partial charge in [-0.2, -0.15) is 0 Å². The van der Waals surface area contributed by atoms with Crippen LogP contribution in [0.5, 0.6) is 0 Å². The van der Waals surface area contributed by atoms with Crippen molar-refractivity contribution in [1.29, 1.82) is 0 Å². The first-order chi connectivity index (χ1) is 4.68. The highest BCUT2D eigenvalue weighted by atomic mass is 32.2. The molecule has 1 heterocycles. The summed E-state index contributed by atoms with van der Waals surface area (Å²) in [7, 11) is 0. The number of hydrogen-bond acceptors (Lipinski definition) is 4. The molecule has 0 aromatic carbocycles. The lowest BCUT2D eigenvalue weighted by molar-refractivity contribution is 0.795. The van der Waals surface area contributed by atoms with Gasteiger partial charge in [0.25, 0.3) is 0 Å². The average molecular weight is 157 g/mol. The predicted octanol–water partition coefficient (Wildman–Crippen LogP) is -0.0802. The van der Waals surface area contributed by atoms with Crippen LogP contribution in [0.1, 0.15) is 0 Å². The maximum Gasteiger partial charge on any atom is 0.125 e. The SMILES string of the molecule is C=C1C=CC(N)SC(N)N1. The van der Waals surface area contributed by atoms with Gasteiger partial charge in [0.2, 0.25) is 0 Å². The van der Waals surface area contributed by atoms with E-state index in [2.05, 4.69) is 11.9 Å². The molecule has 0 aromatic heterocycles. The van der Waals surface area contributed by atoms with Crippen LogP contribution in [0, 0.1) is 0 Å². The lowest BCUT2D eigenvalue weighted by Crippen LogP contribution is -2.34. The minimum Gasteiger partial charge on any atom is -0.362 e. The highest BCUT2D eigenvalue weighted by molar-refractivity contribution is 8.00. The Labute approximate surface area is 64.5 Å². The van der Waals surface area contributed by atoms with E-state index in [9.17, 15) is 0 Å². The monoisotopic (exact) mass is 157 g/mol. The summed E-state index contributed by atoms with van der Waals surface area (Å²) < 4.78 is 0. The van der Waals surface area contributed by atoms with Crippen LogP contribution >= 0.6 is 11.8 Å². The minimum atomic E-state index is -0.141. The van der Waals surface area contributed by atoms with Crippen LogP contribution in [0.15, 0.2) is 24.4 Å². The van der Waals surface area contributed by atoms with Crippen molar-refractivity contribution in [1.82, 2.24) is 5.32 Å². The molecular weight excluding hydrogens is 146 g/mol. The van der Waals surface area contributed by atoms with E-state index in [1.54, 1.807) is 0 Å². The molecule has 4 heteroatoms. The molecule has 0 aromatic rings. The number of rotatable bonds is 0. The lowest BCUT2D eigenvalue weighted by Gasteiger charge is -2.12. The lowest BCUT2D eigenvalue weighted by atomic mass is 10.4. The third kappa shape index (κ3) is 2.06. The van der Waals surface area contributed by atoms with Crippen LogP contribution in [0.3, 0.4) is 0 Å². The van der Waals surface area contributed by atoms with E-state index in [0.29, 0.717) is 0 Å². The van der Waals surface area contributed by atoms with Gasteiger partial charge in [-0.3, -0.25) is 0 Å². The summed E-state index contributed by atoms with van der Waals surface area (Å²) >= 11 is 1.46. The van der Waals surface area contributed by atoms with Crippen LogP contribution < -0.4 is 16.8 Å². The van der Waals surface area contributed by atoms with E-state index in [1.807, 2.05) is 12.2 Å². The quantitative estimate of drug-likeness (QED) is 0.460. The molecule has 0 aliphatic carbocycles. The first-order valence-electron chi connectivity index (χ1n) is 2.99. The number of nitrogens with one attached hydrogen (secondary N) is 1. The summed E-state index contributed by atoms with van der Waals surface area (Å²) in [4.78, 5) is 0. The second-order valence-electron chi connectivity index (χ2n) is 2.05. The zero-order valence-electron chi connectivity index (χ0n) is 5.58. The Bertz CT molecular complexity index is 166. The summed E-state index contributed by atoms with van der Waals surface area (Å²) in [5.74, 6) is 0. The van der Waals surface area contributed by atoms with Gasteiger partial charge in [-0.25, -0.2) is 0 Å². The van der Waals surface area contributed by atoms with Crippen LogP contribution in [-0.4, -0.2) is 10.9 Å². The van der Waals surface area contributed by atoms with Crippen LogP contribution in [0.2, 0.25) is 0 Å². The molecule has 1 aliphatic heterocycles. The van der Waals surface area contributed by atoms with E-state index in [0.717, 1.165) is 5.70 Å². The van der Waals surface area contributed by atoms with Crippen molar-refractivity contribution in [2.75, 3.05) is 0 Å². The highest BCUT2D eigenvalue weighted by Gasteiger charge is 2.09. The Morgan fingerprint density at radius 3 is 3.00 bits per heavy atom. The zero-order chi connectivity index (χ0) is 7.56. The molecule has 0 saturated carbocycles. The molecule has 0 radical (unpaired) electrons. The molecule has 1 aliphatic rings. The van der Waals surface area contributed by atoms with Crippen molar-refractivity contribution in [3.8, 4) is 0 Å². The van der Waals surface area contributed by atoms with Gasteiger partial charge < -0.3 is 16.8 Å². The number of nitrogens with two attached hydrogens (primary N) is 2. The molecule has 1 rings (SSSR count). The minimum absolute atomic E-state index is 0.0262. The van der Waals surface area contributed by atoms with Gasteiger partial charge in [0, 0.05) is 5.70 Å². The molecule has 0 amide bonds. The first kappa shape index (κ1) is 7.65. The van der Waals surface area contributed by atoms with Gasteiger partial charge in [-0.05, 0) is 6.08 Å². The van der Waals surface area contributed by atoms with Gasteiger partial charge in [0.05, 0.1) is 5.37 Å². The van der Waals surface area contributed by atoms with Crippen molar-refractivity contribution in [2.45, 2.75) is 10.9 Å². The molecule has 10 heavy (non-hydrogen) atoms. The predicted molar refractivity (Wildman–Crippen MR) is 45.0 cm³/mol. The Hall–Kier alpha value is -0.450. The molecule has 2 atom stereocenters. The first-order valence-corrected chi connectivity index (χ1v) is 3.93. The average Bonchev–Trinajstić information content (AvgIpc) is 1.93. The topological polar surface area (TPSA) is 64.1 Å². The van der Waals surface area contributed by atoms with Gasteiger partial charge in [-0.15, -0.1) is 0 Å². The molecule has 0 fully saturated rings. The molecule has 5 N–H and O–H groups in total. The van der Waals surface area contributed by atoms with Gasteiger partial charge in [-0.1, -0.05) is 24.4 Å². The standard InChI is InChI=1S/C6H11N3S/c1-4-2-3-5(7)10-6(8)9-4/h2-3,5-6,9H,1,7-8H2. The zero-order valence-corrected chi connectivity index (χ0v) is 6.40. The van der Waals surface area contributed by atoms with E-state index in [1.165, 1.54) is 11.8 Å². The molecular formula is C6H11N3S. The summed E-state index contributed by atoms with van der Waals surface area (Å²) in [6, 6.07) is 0. The normalized spacial score (nSPS) is 33.2. The van der Waals surface area contributed by atoms with Crippen LogP contribution in [0.4, 0.5) is 0 Å². The largest absolute Gasteiger partial charge is 0.362 e. The van der Waals surface area contributed by atoms with Crippen molar-refractivity contribution >= 4 is 11.8 Å². The maximum atomic E-state index is 5.60. The fourth-order valence-corrected chi connectivity index (χ4v) is 1.42. The summed E-state index contributed by atoms with van der Waals surface area (Å²) in [5, 5.41) is 2.93. The van der Waals surface area contributed by atoms with Gasteiger partial charge in [0.1, 0.15) is 5.50 Å². The third-order valence-electron chi connectivity index (χ3n) is 1.12. The molecule has 0 spiro atoms. The van der Waals surface area contributed by atoms with Crippen molar-refractivity contribution in [2.24, 2.45) is 11.5 Å². The van der Waals surface area contributed by atoms with E-state index < -0.39 is 0 Å². The second-order valence-corrected chi connectivity index (χ2v) is 3.37. The number of hydrogen-bond donors (Lipinski definition) is 3. The number of allylic oxidation sites excluding steroid dienone is 1. The molecule has 56 valence electrons. The molecule has 0 saturated heterocycles. The Kier molecular flexibility index (Phi) is 2.37. The Morgan fingerprint density at radius 2 is 2.30 bits per heavy atom. The highest BCUT2D eigenvalue weighted by Crippen LogP contribution is 2.14. The summed E-state index contributed by atoms with van der Waals surface area (Å²) in [6.45, 7) is 3.71. The van der Waals surface area contributed by atoms with Gasteiger partial charge in [0.15, 0.2) is 0 Å². The fraction of sp³-hybridized carbons (Fsp3) is 0.333. The van der Waals surface area contributed by atoms with Gasteiger partial charge >= 0.3 is 0 Å². The number of thioether (sulfide) groups is 1. The molecule has 0 bridgehead atoms. The maximum absolute atomic E-state index is 5.60. The van der Waals surface area contributed by atoms with E-state index in [-0.39, 0.29) is 10.9 Å². The van der Waals surface area contributed by atoms with Crippen LogP contribution in [-0.2, 0) is 0 Å². The molecule has 3 nitrogen and oxygen atoms in total. The van der Waals surface area contributed by atoms with Crippen LogP contribution in [0.25, 0.3) is 0 Å². The smallest absolute Gasteiger partial charge is 0.125 e. The van der Waals surface area contributed by atoms with Crippen molar-refractivity contribution in [3.63, 3.8) is 0 Å². The Balaban J connectivity index is 2.60. The fourth-order valence-electron chi connectivity index (χ4n) is 0.691. The Morgan fingerprint density at radius 1 is 1.60 bits per heavy atom. The second kappa shape index (κ2) is 3.09.